The summed E-state index contributed by atoms with van der Waals surface area (Å²) in [5.74, 6) is -1.69. The number of nitrogens with zero attached hydrogens (tertiary/aromatic N) is 2. The molecule has 2 aromatic rings. The van der Waals surface area contributed by atoms with Crippen LogP contribution in [0.15, 0.2) is 42.5 Å². The highest BCUT2D eigenvalue weighted by Crippen LogP contribution is 2.27. The predicted molar refractivity (Wildman–Crippen MR) is 127 cm³/mol. The normalized spacial score (nSPS) is 15.7. The zero-order valence-corrected chi connectivity index (χ0v) is 19.4. The lowest BCUT2D eigenvalue weighted by Crippen LogP contribution is -2.34. The van der Waals surface area contributed by atoms with Gasteiger partial charge in [0.05, 0.1) is 5.92 Å². The molecule has 8 heteroatoms. The smallest absolute Gasteiger partial charge is 0.251 e. The van der Waals surface area contributed by atoms with Crippen LogP contribution < -0.4 is 15.5 Å². The molecule has 33 heavy (non-hydrogen) atoms. The van der Waals surface area contributed by atoms with Gasteiger partial charge in [0, 0.05) is 43.0 Å². The second-order valence-electron chi connectivity index (χ2n) is 8.19. The lowest BCUT2D eigenvalue weighted by atomic mass is 10.1. The second-order valence-corrected chi connectivity index (χ2v) is 8.19. The molecule has 7 nitrogen and oxygen atoms in total. The minimum Gasteiger partial charge on any atom is -0.351 e. The van der Waals surface area contributed by atoms with Gasteiger partial charge in [-0.15, -0.1) is 0 Å². The molecule has 0 bridgehead atoms. The third kappa shape index (κ3) is 6.16. The number of aryl methyl sites for hydroxylation is 1. The number of anilines is 2. The van der Waals surface area contributed by atoms with Crippen molar-refractivity contribution in [3.05, 3.63) is 59.4 Å². The second kappa shape index (κ2) is 11.0. The summed E-state index contributed by atoms with van der Waals surface area (Å²) < 4.78 is 13.9. The van der Waals surface area contributed by atoms with E-state index in [4.69, 9.17) is 0 Å². The first-order chi connectivity index (χ1) is 15.8. The van der Waals surface area contributed by atoms with Crippen LogP contribution in [0.5, 0.6) is 0 Å². The van der Waals surface area contributed by atoms with Gasteiger partial charge in [0.2, 0.25) is 11.8 Å². The predicted octanol–water partition coefficient (Wildman–Crippen LogP) is 3.20. The molecule has 0 unspecified atom stereocenters. The number of amides is 3. The summed E-state index contributed by atoms with van der Waals surface area (Å²) in [6, 6.07) is 11.3. The van der Waals surface area contributed by atoms with E-state index in [1.807, 2.05) is 0 Å². The lowest BCUT2D eigenvalue weighted by Gasteiger charge is -2.18. The van der Waals surface area contributed by atoms with Crippen molar-refractivity contribution in [1.29, 1.82) is 0 Å². The Morgan fingerprint density at radius 2 is 1.91 bits per heavy atom. The van der Waals surface area contributed by atoms with Crippen LogP contribution in [0.1, 0.15) is 36.2 Å². The van der Waals surface area contributed by atoms with Gasteiger partial charge in [0.1, 0.15) is 5.82 Å². The third-order valence-electron chi connectivity index (χ3n) is 5.96. The first-order valence-electron chi connectivity index (χ1n) is 11.3. The summed E-state index contributed by atoms with van der Waals surface area (Å²) >= 11 is 0. The molecule has 2 aromatic carbocycles. The highest BCUT2D eigenvalue weighted by Gasteiger charge is 2.35. The number of halogens is 1. The third-order valence-corrected chi connectivity index (χ3v) is 5.96. The van der Waals surface area contributed by atoms with Crippen LogP contribution in [0.3, 0.4) is 0 Å². The Bertz CT molecular complexity index is 1020. The number of hydrogen-bond donors (Lipinski definition) is 2. The van der Waals surface area contributed by atoms with Crippen molar-refractivity contribution < 1.29 is 18.8 Å². The van der Waals surface area contributed by atoms with E-state index < -0.39 is 5.92 Å². The fourth-order valence-corrected chi connectivity index (χ4v) is 3.83. The lowest BCUT2D eigenvalue weighted by molar-refractivity contribution is -0.122. The fourth-order valence-electron chi connectivity index (χ4n) is 3.83. The van der Waals surface area contributed by atoms with Crippen molar-refractivity contribution in [2.45, 2.75) is 27.2 Å². The van der Waals surface area contributed by atoms with Gasteiger partial charge in [-0.2, -0.15) is 0 Å². The molecule has 1 aliphatic rings. The van der Waals surface area contributed by atoms with Crippen LogP contribution in [-0.4, -0.2) is 55.3 Å². The van der Waals surface area contributed by atoms with Crippen molar-refractivity contribution in [2.75, 3.05) is 42.9 Å². The molecule has 3 amide bonds. The van der Waals surface area contributed by atoms with E-state index >= 15 is 0 Å². The van der Waals surface area contributed by atoms with E-state index in [1.165, 1.54) is 11.0 Å². The molecule has 0 aliphatic carbocycles. The molecular formula is C25H31FN4O3. The van der Waals surface area contributed by atoms with Crippen LogP contribution in [0.25, 0.3) is 0 Å². The fraction of sp³-hybridized carbons (Fsp3) is 0.400. The molecule has 1 aliphatic heterocycles. The maximum absolute atomic E-state index is 13.9. The summed E-state index contributed by atoms with van der Waals surface area (Å²) in [4.78, 5) is 41.3. The van der Waals surface area contributed by atoms with Crippen LogP contribution in [0, 0.1) is 18.7 Å². The largest absolute Gasteiger partial charge is 0.351 e. The van der Waals surface area contributed by atoms with E-state index in [0.717, 1.165) is 19.6 Å². The summed E-state index contributed by atoms with van der Waals surface area (Å²) in [7, 11) is 0. The van der Waals surface area contributed by atoms with Gasteiger partial charge in [-0.05, 0) is 55.9 Å². The Morgan fingerprint density at radius 1 is 1.15 bits per heavy atom. The number of hydrogen-bond acceptors (Lipinski definition) is 4. The van der Waals surface area contributed by atoms with Gasteiger partial charge in [-0.3, -0.25) is 14.4 Å². The topological polar surface area (TPSA) is 81.8 Å². The Kier molecular flexibility index (Phi) is 8.16. The number of nitrogens with one attached hydrogen (secondary N) is 2. The molecule has 1 saturated heterocycles. The summed E-state index contributed by atoms with van der Waals surface area (Å²) in [6.45, 7) is 9.14. The van der Waals surface area contributed by atoms with Crippen LogP contribution in [-0.2, 0) is 9.59 Å². The van der Waals surface area contributed by atoms with Gasteiger partial charge in [-0.1, -0.05) is 26.0 Å². The summed E-state index contributed by atoms with van der Waals surface area (Å²) in [6.07, 6.45) is 0.0485. The molecule has 1 heterocycles. The van der Waals surface area contributed by atoms with Gasteiger partial charge in [0.25, 0.3) is 5.91 Å². The Labute approximate surface area is 193 Å². The minimum absolute atomic E-state index is 0.0485. The van der Waals surface area contributed by atoms with Crippen molar-refractivity contribution >= 4 is 29.1 Å². The summed E-state index contributed by atoms with van der Waals surface area (Å²) in [5, 5.41) is 5.70. The number of rotatable bonds is 9. The Hall–Kier alpha value is -3.26. The van der Waals surface area contributed by atoms with Crippen LogP contribution in [0.2, 0.25) is 0 Å². The molecule has 0 aromatic heterocycles. The maximum Gasteiger partial charge on any atom is 0.251 e. The van der Waals surface area contributed by atoms with E-state index in [9.17, 15) is 18.8 Å². The summed E-state index contributed by atoms with van der Waals surface area (Å²) in [5.41, 5.74) is 1.88. The van der Waals surface area contributed by atoms with Gasteiger partial charge >= 0.3 is 0 Å². The van der Waals surface area contributed by atoms with E-state index in [2.05, 4.69) is 29.4 Å². The quantitative estimate of drug-likeness (QED) is 0.610. The zero-order valence-electron chi connectivity index (χ0n) is 19.4. The Balaban J connectivity index is 1.58. The molecule has 1 atom stereocenters. The molecular weight excluding hydrogens is 423 g/mol. The monoisotopic (exact) mass is 454 g/mol. The number of benzene rings is 2. The number of likely N-dealkylation sites (N-methyl/N-ethyl adjacent to an activating group) is 1. The molecule has 0 spiro atoms. The van der Waals surface area contributed by atoms with Crippen LogP contribution in [0.4, 0.5) is 15.8 Å². The number of carbonyl (C=O) groups is 3. The molecule has 0 saturated carbocycles. The van der Waals surface area contributed by atoms with Gasteiger partial charge in [0.15, 0.2) is 0 Å². The standard InChI is InChI=1S/C25H31FN4O3/c1-4-29(5-2)12-11-27-24(32)18-7-6-8-20(13-18)28-25(33)19-14-23(31)30(16-19)21-10-9-17(3)22(26)15-21/h6-10,13,15,19H,4-5,11-12,14,16H2,1-3H3,(H,27,32)(H,28,33)/t19-/m1/s1. The Morgan fingerprint density at radius 3 is 2.61 bits per heavy atom. The molecule has 1 fully saturated rings. The van der Waals surface area contributed by atoms with Crippen molar-refractivity contribution in [3.8, 4) is 0 Å². The van der Waals surface area contributed by atoms with E-state index in [1.54, 1.807) is 43.3 Å². The first kappa shape index (κ1) is 24.4. The van der Waals surface area contributed by atoms with Crippen molar-refractivity contribution in [3.63, 3.8) is 0 Å². The van der Waals surface area contributed by atoms with Gasteiger partial charge < -0.3 is 20.4 Å². The van der Waals surface area contributed by atoms with Crippen LogP contribution >= 0.6 is 0 Å². The SMILES string of the molecule is CCN(CC)CCNC(=O)c1cccc(NC(=O)[C@@H]2CC(=O)N(c3ccc(C)c(F)c3)C2)c1. The van der Waals surface area contributed by atoms with E-state index in [0.29, 0.717) is 29.0 Å². The highest BCUT2D eigenvalue weighted by molar-refractivity contribution is 6.04. The van der Waals surface area contributed by atoms with Crippen molar-refractivity contribution in [1.82, 2.24) is 10.2 Å². The molecule has 0 radical (unpaired) electrons. The first-order valence-corrected chi connectivity index (χ1v) is 11.3. The maximum atomic E-state index is 13.9. The minimum atomic E-state index is -0.562. The van der Waals surface area contributed by atoms with E-state index in [-0.39, 0.29) is 36.5 Å². The molecule has 176 valence electrons. The van der Waals surface area contributed by atoms with Gasteiger partial charge in [-0.25, -0.2) is 4.39 Å². The molecule has 3 rings (SSSR count). The average molecular weight is 455 g/mol. The highest BCUT2D eigenvalue weighted by atomic mass is 19.1. The van der Waals surface area contributed by atoms with Crippen molar-refractivity contribution in [2.24, 2.45) is 5.92 Å². The average Bonchev–Trinajstić information content (AvgIpc) is 3.20. The molecule has 2 N–H and O–H groups in total. The zero-order chi connectivity index (χ0) is 24.0. The number of carbonyl (C=O) groups excluding carboxylic acids is 3.